The van der Waals surface area contributed by atoms with Gasteiger partial charge in [-0.05, 0) is 29.2 Å². The number of carbonyl (C=O) groups is 2. The Morgan fingerprint density at radius 2 is 1.50 bits per heavy atom. The van der Waals surface area contributed by atoms with Gasteiger partial charge in [0.25, 0.3) is 0 Å². The zero-order valence-electron chi connectivity index (χ0n) is 14.0. The summed E-state index contributed by atoms with van der Waals surface area (Å²) in [6, 6.07) is 14.1. The van der Waals surface area contributed by atoms with Crippen molar-refractivity contribution in [3.05, 3.63) is 48.0 Å². The summed E-state index contributed by atoms with van der Waals surface area (Å²) in [4.78, 5) is 22.6. The van der Waals surface area contributed by atoms with Crippen LogP contribution in [0.25, 0.3) is 10.8 Å². The van der Waals surface area contributed by atoms with Gasteiger partial charge in [0.05, 0.1) is 5.92 Å². The van der Waals surface area contributed by atoms with Gasteiger partial charge in [-0.1, -0.05) is 68.1 Å². The zero-order valence-corrected chi connectivity index (χ0v) is 14.0. The number of hydrogen-bond acceptors (Lipinski definition) is 2. The molecule has 4 heteroatoms. The molecule has 0 saturated carbocycles. The molecule has 0 heterocycles. The molecule has 0 aliphatic heterocycles. The largest absolute Gasteiger partial charge is 0.370 e. The number of rotatable bonds is 10. The molecule has 128 valence electrons. The Kier molecular flexibility index (Phi) is 6.79. The summed E-state index contributed by atoms with van der Waals surface area (Å²) < 4.78 is 0. The van der Waals surface area contributed by atoms with E-state index in [0.717, 1.165) is 54.9 Å². The minimum absolute atomic E-state index is 0.236. The van der Waals surface area contributed by atoms with Crippen LogP contribution in [0.2, 0.25) is 0 Å². The van der Waals surface area contributed by atoms with Crippen molar-refractivity contribution in [2.45, 2.75) is 50.9 Å². The van der Waals surface area contributed by atoms with Crippen molar-refractivity contribution in [3.63, 3.8) is 0 Å². The van der Waals surface area contributed by atoms with Gasteiger partial charge in [0.1, 0.15) is 0 Å². The first-order valence-electron chi connectivity index (χ1n) is 8.65. The second-order valence-electron chi connectivity index (χ2n) is 6.30. The Labute approximate surface area is 143 Å². The van der Waals surface area contributed by atoms with Gasteiger partial charge in [-0.2, -0.15) is 0 Å². The van der Waals surface area contributed by atoms with Crippen LogP contribution in [-0.2, 0) is 9.59 Å². The van der Waals surface area contributed by atoms with Crippen molar-refractivity contribution in [3.8, 4) is 0 Å². The summed E-state index contributed by atoms with van der Waals surface area (Å²) in [5.41, 5.74) is 11.8. The van der Waals surface area contributed by atoms with Crippen LogP contribution in [0.1, 0.15) is 56.4 Å². The van der Waals surface area contributed by atoms with Crippen LogP contribution in [-0.4, -0.2) is 11.8 Å². The summed E-state index contributed by atoms with van der Waals surface area (Å²) >= 11 is 0. The predicted molar refractivity (Wildman–Crippen MR) is 97.4 cm³/mol. The van der Waals surface area contributed by atoms with Crippen LogP contribution in [0, 0.1) is 0 Å². The maximum absolute atomic E-state index is 12.0. The fraction of sp³-hybridized carbons (Fsp3) is 0.400. The van der Waals surface area contributed by atoms with E-state index in [9.17, 15) is 9.59 Å². The number of amides is 2. The minimum Gasteiger partial charge on any atom is -0.370 e. The third-order valence-electron chi connectivity index (χ3n) is 4.46. The molecule has 0 fully saturated rings. The van der Waals surface area contributed by atoms with Crippen LogP contribution < -0.4 is 11.5 Å². The van der Waals surface area contributed by atoms with Crippen LogP contribution in [0.5, 0.6) is 0 Å². The quantitative estimate of drug-likeness (QED) is 0.653. The molecule has 0 aliphatic rings. The summed E-state index contributed by atoms with van der Waals surface area (Å²) in [6.45, 7) is 0. The Balaban J connectivity index is 1.92. The molecule has 0 radical (unpaired) electrons. The predicted octanol–water partition coefficient (Wildman–Crippen LogP) is 3.62. The van der Waals surface area contributed by atoms with Crippen molar-refractivity contribution in [2.24, 2.45) is 11.5 Å². The first kappa shape index (κ1) is 18.0. The molecule has 2 aromatic carbocycles. The Morgan fingerprint density at radius 3 is 2.25 bits per heavy atom. The molecular formula is C20H26N2O2. The molecule has 2 rings (SSSR count). The van der Waals surface area contributed by atoms with Gasteiger partial charge >= 0.3 is 0 Å². The molecular weight excluding hydrogens is 300 g/mol. The van der Waals surface area contributed by atoms with Gasteiger partial charge in [0.2, 0.25) is 11.8 Å². The highest BCUT2D eigenvalue weighted by Gasteiger charge is 2.19. The van der Waals surface area contributed by atoms with E-state index < -0.39 is 0 Å². The average molecular weight is 326 g/mol. The SMILES string of the molecule is NC(=O)CCCCCCCC(C(N)=O)c1cccc2ccccc12. The van der Waals surface area contributed by atoms with E-state index >= 15 is 0 Å². The average Bonchev–Trinajstić information content (AvgIpc) is 2.56. The number of primary amides is 2. The summed E-state index contributed by atoms with van der Waals surface area (Å²) in [5, 5.41) is 2.23. The van der Waals surface area contributed by atoms with E-state index in [2.05, 4.69) is 12.1 Å². The highest BCUT2D eigenvalue weighted by atomic mass is 16.1. The van der Waals surface area contributed by atoms with Gasteiger partial charge in [0, 0.05) is 6.42 Å². The summed E-state index contributed by atoms with van der Waals surface area (Å²) in [5.74, 6) is -0.749. The zero-order chi connectivity index (χ0) is 17.4. The number of fused-ring (bicyclic) bond motifs is 1. The number of carbonyl (C=O) groups excluding carboxylic acids is 2. The van der Waals surface area contributed by atoms with E-state index in [1.54, 1.807) is 0 Å². The normalized spacial score (nSPS) is 12.2. The second-order valence-corrected chi connectivity index (χ2v) is 6.30. The van der Waals surface area contributed by atoms with Crippen molar-refractivity contribution in [1.82, 2.24) is 0 Å². The third-order valence-corrected chi connectivity index (χ3v) is 4.46. The molecule has 0 aliphatic carbocycles. The second kappa shape index (κ2) is 9.06. The lowest BCUT2D eigenvalue weighted by atomic mass is 9.88. The molecule has 2 aromatic rings. The fourth-order valence-corrected chi connectivity index (χ4v) is 3.18. The lowest BCUT2D eigenvalue weighted by molar-refractivity contribution is -0.120. The fourth-order valence-electron chi connectivity index (χ4n) is 3.18. The van der Waals surface area contributed by atoms with Gasteiger partial charge < -0.3 is 11.5 Å². The van der Waals surface area contributed by atoms with Gasteiger partial charge in [-0.25, -0.2) is 0 Å². The Morgan fingerprint density at radius 1 is 0.833 bits per heavy atom. The number of unbranched alkanes of at least 4 members (excludes halogenated alkanes) is 4. The first-order chi connectivity index (χ1) is 11.6. The van der Waals surface area contributed by atoms with Crippen LogP contribution >= 0.6 is 0 Å². The van der Waals surface area contributed by atoms with Crippen molar-refractivity contribution in [2.75, 3.05) is 0 Å². The molecule has 2 amide bonds. The maximum atomic E-state index is 12.0. The lowest BCUT2D eigenvalue weighted by Gasteiger charge is -2.16. The van der Waals surface area contributed by atoms with E-state index in [1.807, 2.05) is 30.3 Å². The Hall–Kier alpha value is -2.36. The smallest absolute Gasteiger partial charge is 0.224 e. The number of nitrogens with two attached hydrogens (primary N) is 2. The molecule has 0 saturated heterocycles. The van der Waals surface area contributed by atoms with Crippen molar-refractivity contribution in [1.29, 1.82) is 0 Å². The maximum Gasteiger partial charge on any atom is 0.224 e. The van der Waals surface area contributed by atoms with Crippen LogP contribution in [0.4, 0.5) is 0 Å². The molecule has 4 nitrogen and oxygen atoms in total. The molecule has 0 spiro atoms. The molecule has 1 unspecified atom stereocenters. The van der Waals surface area contributed by atoms with Gasteiger partial charge in [-0.3, -0.25) is 9.59 Å². The van der Waals surface area contributed by atoms with Crippen LogP contribution in [0.15, 0.2) is 42.5 Å². The molecule has 0 bridgehead atoms. The monoisotopic (exact) mass is 326 g/mol. The minimum atomic E-state index is -0.264. The summed E-state index contributed by atoms with van der Waals surface area (Å²) in [6.07, 6.45) is 6.10. The van der Waals surface area contributed by atoms with E-state index in [4.69, 9.17) is 11.5 Å². The van der Waals surface area contributed by atoms with E-state index in [0.29, 0.717) is 6.42 Å². The molecule has 1 atom stereocenters. The summed E-state index contributed by atoms with van der Waals surface area (Å²) in [7, 11) is 0. The molecule has 24 heavy (non-hydrogen) atoms. The molecule has 0 aromatic heterocycles. The van der Waals surface area contributed by atoms with Crippen LogP contribution in [0.3, 0.4) is 0 Å². The Bertz CT molecular complexity index is 692. The highest BCUT2D eigenvalue weighted by molar-refractivity contribution is 5.92. The van der Waals surface area contributed by atoms with E-state index in [1.165, 1.54) is 0 Å². The van der Waals surface area contributed by atoms with E-state index in [-0.39, 0.29) is 17.7 Å². The first-order valence-corrected chi connectivity index (χ1v) is 8.65. The third kappa shape index (κ3) is 5.08. The van der Waals surface area contributed by atoms with Crippen molar-refractivity contribution >= 4 is 22.6 Å². The van der Waals surface area contributed by atoms with Gasteiger partial charge in [0.15, 0.2) is 0 Å². The van der Waals surface area contributed by atoms with Crippen molar-refractivity contribution < 1.29 is 9.59 Å². The number of hydrogen-bond donors (Lipinski definition) is 2. The topological polar surface area (TPSA) is 86.2 Å². The standard InChI is InChI=1S/C20H26N2O2/c21-19(23)14-5-3-1-2-4-12-18(20(22)24)17-13-8-10-15-9-6-7-11-16(15)17/h6-11,13,18H,1-5,12,14H2,(H2,21,23)(H2,22,24). The molecule has 4 N–H and O–H groups in total. The lowest BCUT2D eigenvalue weighted by Crippen LogP contribution is -2.21. The highest BCUT2D eigenvalue weighted by Crippen LogP contribution is 2.29. The van der Waals surface area contributed by atoms with Gasteiger partial charge in [-0.15, -0.1) is 0 Å². The number of benzene rings is 2.